The number of ether oxygens (including phenoxy) is 2. The van der Waals surface area contributed by atoms with Crippen LogP contribution in [0, 0.1) is 6.92 Å². The van der Waals surface area contributed by atoms with E-state index in [0.717, 1.165) is 5.56 Å². The molecule has 8 nitrogen and oxygen atoms in total. The van der Waals surface area contributed by atoms with E-state index in [2.05, 4.69) is 14.9 Å². The maximum Gasteiger partial charge on any atom is 0.240 e. The van der Waals surface area contributed by atoms with Crippen molar-refractivity contribution in [3.8, 4) is 22.9 Å². The zero-order valence-corrected chi connectivity index (χ0v) is 14.6. The van der Waals surface area contributed by atoms with Crippen molar-refractivity contribution in [2.45, 2.75) is 18.4 Å². The lowest BCUT2D eigenvalue weighted by Gasteiger charge is -2.08. The minimum absolute atomic E-state index is 0.123. The summed E-state index contributed by atoms with van der Waals surface area (Å²) < 4.78 is 43.3. The number of fused-ring (bicyclic) bond motifs is 1. The molecule has 0 radical (unpaired) electrons. The van der Waals surface area contributed by atoms with Gasteiger partial charge in [0.2, 0.25) is 28.5 Å². The van der Waals surface area contributed by atoms with Crippen LogP contribution in [0.1, 0.15) is 11.5 Å². The SMILES string of the molecule is Cc1nc(-c2cccc(S(=O)(=O)NCc3ccc4c(c3)OCO4)c2)no1. The lowest BCUT2D eigenvalue weighted by molar-refractivity contribution is 0.174. The van der Waals surface area contributed by atoms with Gasteiger partial charge in [-0.2, -0.15) is 4.98 Å². The molecular weight excluding hydrogens is 358 g/mol. The van der Waals surface area contributed by atoms with Crippen molar-refractivity contribution < 1.29 is 22.4 Å². The first-order chi connectivity index (χ1) is 12.5. The molecule has 4 rings (SSSR count). The molecule has 0 bridgehead atoms. The summed E-state index contributed by atoms with van der Waals surface area (Å²) >= 11 is 0. The fourth-order valence-electron chi connectivity index (χ4n) is 2.53. The highest BCUT2D eigenvalue weighted by atomic mass is 32.2. The lowest BCUT2D eigenvalue weighted by atomic mass is 10.2. The van der Waals surface area contributed by atoms with E-state index in [1.165, 1.54) is 12.1 Å². The smallest absolute Gasteiger partial charge is 0.240 e. The third-order valence-corrected chi connectivity index (χ3v) is 5.23. The second-order valence-electron chi connectivity index (χ2n) is 5.68. The summed E-state index contributed by atoms with van der Waals surface area (Å²) in [5.41, 5.74) is 1.33. The monoisotopic (exact) mass is 373 g/mol. The van der Waals surface area contributed by atoms with E-state index in [4.69, 9.17) is 14.0 Å². The Morgan fingerprint density at radius 2 is 1.96 bits per heavy atom. The summed E-state index contributed by atoms with van der Waals surface area (Å²) in [7, 11) is -3.70. The van der Waals surface area contributed by atoms with Gasteiger partial charge in [-0.15, -0.1) is 0 Å². The summed E-state index contributed by atoms with van der Waals surface area (Å²) in [5, 5.41) is 3.81. The molecule has 1 aromatic heterocycles. The Kier molecular flexibility index (Phi) is 4.09. The van der Waals surface area contributed by atoms with Crippen molar-refractivity contribution in [2.75, 3.05) is 6.79 Å². The van der Waals surface area contributed by atoms with Crippen LogP contribution in [0.2, 0.25) is 0 Å². The first-order valence-corrected chi connectivity index (χ1v) is 9.28. The Morgan fingerprint density at radius 1 is 1.12 bits per heavy atom. The number of aromatic nitrogens is 2. The molecule has 134 valence electrons. The van der Waals surface area contributed by atoms with E-state index in [1.54, 1.807) is 37.3 Å². The molecule has 3 aromatic rings. The van der Waals surface area contributed by atoms with Crippen molar-refractivity contribution in [2.24, 2.45) is 0 Å². The summed E-state index contributed by atoms with van der Waals surface area (Å²) in [4.78, 5) is 4.24. The van der Waals surface area contributed by atoms with E-state index in [-0.39, 0.29) is 18.2 Å². The van der Waals surface area contributed by atoms with Crippen molar-refractivity contribution in [1.29, 1.82) is 0 Å². The molecule has 0 fully saturated rings. The number of hydrogen-bond donors (Lipinski definition) is 1. The third kappa shape index (κ3) is 3.26. The van der Waals surface area contributed by atoms with Crippen LogP contribution in [0.15, 0.2) is 51.9 Å². The Labute approximate surface area is 149 Å². The van der Waals surface area contributed by atoms with Crippen LogP contribution in [0.5, 0.6) is 11.5 Å². The van der Waals surface area contributed by atoms with E-state index in [9.17, 15) is 8.42 Å². The van der Waals surface area contributed by atoms with Crippen molar-refractivity contribution >= 4 is 10.0 Å². The van der Waals surface area contributed by atoms with Crippen LogP contribution >= 0.6 is 0 Å². The van der Waals surface area contributed by atoms with E-state index >= 15 is 0 Å². The van der Waals surface area contributed by atoms with Gasteiger partial charge in [-0.05, 0) is 29.8 Å². The molecule has 0 spiro atoms. The highest BCUT2D eigenvalue weighted by molar-refractivity contribution is 7.89. The summed E-state index contributed by atoms with van der Waals surface area (Å²) in [6.07, 6.45) is 0. The van der Waals surface area contributed by atoms with Gasteiger partial charge in [0.25, 0.3) is 0 Å². The van der Waals surface area contributed by atoms with E-state index < -0.39 is 10.0 Å². The molecule has 0 amide bonds. The minimum Gasteiger partial charge on any atom is -0.454 e. The molecule has 1 aliphatic heterocycles. The maximum absolute atomic E-state index is 12.6. The van der Waals surface area contributed by atoms with Gasteiger partial charge in [-0.1, -0.05) is 23.4 Å². The van der Waals surface area contributed by atoms with Gasteiger partial charge in [0.1, 0.15) is 0 Å². The molecule has 0 saturated carbocycles. The number of sulfonamides is 1. The minimum atomic E-state index is -3.70. The fraction of sp³-hybridized carbons (Fsp3) is 0.176. The van der Waals surface area contributed by atoms with Crippen LogP contribution in [0.3, 0.4) is 0 Å². The third-order valence-electron chi connectivity index (χ3n) is 3.83. The Hall–Kier alpha value is -2.91. The van der Waals surface area contributed by atoms with Gasteiger partial charge in [-0.25, -0.2) is 13.1 Å². The molecule has 2 aromatic carbocycles. The quantitative estimate of drug-likeness (QED) is 0.731. The average Bonchev–Trinajstić information content (AvgIpc) is 3.28. The molecule has 1 N–H and O–H groups in total. The van der Waals surface area contributed by atoms with E-state index in [1.807, 2.05) is 0 Å². The zero-order chi connectivity index (χ0) is 18.1. The first kappa shape index (κ1) is 16.6. The number of hydrogen-bond acceptors (Lipinski definition) is 7. The molecular formula is C17H15N3O5S. The first-order valence-electron chi connectivity index (χ1n) is 7.80. The topological polar surface area (TPSA) is 104 Å². The number of nitrogens with zero attached hydrogens (tertiary/aromatic N) is 2. The van der Waals surface area contributed by atoms with Crippen LogP contribution < -0.4 is 14.2 Å². The van der Waals surface area contributed by atoms with Crippen molar-refractivity contribution in [1.82, 2.24) is 14.9 Å². The van der Waals surface area contributed by atoms with Gasteiger partial charge >= 0.3 is 0 Å². The molecule has 2 heterocycles. The van der Waals surface area contributed by atoms with Gasteiger partial charge in [0, 0.05) is 19.0 Å². The summed E-state index contributed by atoms with van der Waals surface area (Å²) in [6, 6.07) is 11.7. The van der Waals surface area contributed by atoms with Crippen LogP contribution in [-0.4, -0.2) is 25.4 Å². The predicted molar refractivity (Wildman–Crippen MR) is 91.1 cm³/mol. The Morgan fingerprint density at radius 3 is 2.77 bits per heavy atom. The number of nitrogens with one attached hydrogen (secondary N) is 1. The van der Waals surface area contributed by atoms with Gasteiger partial charge in [-0.3, -0.25) is 0 Å². The average molecular weight is 373 g/mol. The second kappa shape index (κ2) is 6.43. The summed E-state index contributed by atoms with van der Waals surface area (Å²) in [6.45, 7) is 1.97. The Bertz CT molecular complexity index is 1060. The molecule has 0 aliphatic carbocycles. The van der Waals surface area contributed by atoms with Crippen LogP contribution in [0.4, 0.5) is 0 Å². The molecule has 1 aliphatic rings. The molecule has 0 saturated heterocycles. The molecule has 0 unspecified atom stereocenters. The normalized spacial score (nSPS) is 13.1. The van der Waals surface area contributed by atoms with Crippen LogP contribution in [-0.2, 0) is 16.6 Å². The van der Waals surface area contributed by atoms with Crippen molar-refractivity contribution in [3.63, 3.8) is 0 Å². The largest absolute Gasteiger partial charge is 0.454 e. The molecule has 0 atom stereocenters. The van der Waals surface area contributed by atoms with Gasteiger partial charge in [0.05, 0.1) is 4.90 Å². The van der Waals surface area contributed by atoms with Gasteiger partial charge < -0.3 is 14.0 Å². The predicted octanol–water partition coefficient (Wildman–Crippen LogP) is 2.25. The Balaban J connectivity index is 1.53. The lowest BCUT2D eigenvalue weighted by Crippen LogP contribution is -2.23. The highest BCUT2D eigenvalue weighted by Gasteiger charge is 2.18. The van der Waals surface area contributed by atoms with Crippen LogP contribution in [0.25, 0.3) is 11.4 Å². The standard InChI is InChI=1S/C17H15N3O5S/c1-11-19-17(20-25-11)13-3-2-4-14(8-13)26(21,22)18-9-12-5-6-15-16(7-12)24-10-23-15/h2-8,18H,9-10H2,1H3. The number of benzene rings is 2. The highest BCUT2D eigenvalue weighted by Crippen LogP contribution is 2.32. The summed E-state index contributed by atoms with van der Waals surface area (Å²) in [5.74, 6) is 2.01. The molecule has 26 heavy (non-hydrogen) atoms. The number of aryl methyl sites for hydroxylation is 1. The second-order valence-corrected chi connectivity index (χ2v) is 7.44. The van der Waals surface area contributed by atoms with E-state index in [0.29, 0.717) is 28.8 Å². The fourth-order valence-corrected chi connectivity index (χ4v) is 3.59. The maximum atomic E-state index is 12.6. The van der Waals surface area contributed by atoms with Gasteiger partial charge in [0.15, 0.2) is 11.5 Å². The zero-order valence-electron chi connectivity index (χ0n) is 13.8. The van der Waals surface area contributed by atoms with Crippen molar-refractivity contribution in [3.05, 3.63) is 53.9 Å². The number of rotatable bonds is 5. The molecule has 9 heteroatoms.